The highest BCUT2D eigenvalue weighted by atomic mass is 35.5. The molecule has 0 saturated carbocycles. The molecule has 0 aliphatic carbocycles. The average Bonchev–Trinajstić information content (AvgIpc) is 2.90. The predicted octanol–water partition coefficient (Wildman–Crippen LogP) is 5.73. The molecule has 2 heterocycles. The van der Waals surface area contributed by atoms with Gasteiger partial charge < -0.3 is 14.8 Å². The molecule has 0 saturated heterocycles. The maximum absolute atomic E-state index is 14.7. The van der Waals surface area contributed by atoms with Crippen LogP contribution in [0.4, 0.5) is 10.1 Å². The summed E-state index contributed by atoms with van der Waals surface area (Å²) < 4.78 is 26.8. The fourth-order valence-electron chi connectivity index (χ4n) is 3.85. The number of hydrogen-bond acceptors (Lipinski definition) is 6. The molecule has 0 aliphatic rings. The number of methoxy groups -OCH3 is 2. The number of aryl methyl sites for hydroxylation is 1. The predicted molar refractivity (Wildman–Crippen MR) is 142 cm³/mol. The van der Waals surface area contributed by atoms with Crippen molar-refractivity contribution in [2.24, 2.45) is 0 Å². The summed E-state index contributed by atoms with van der Waals surface area (Å²) in [5.41, 5.74) is 0.679. The van der Waals surface area contributed by atoms with E-state index < -0.39 is 17.3 Å². The van der Waals surface area contributed by atoms with Gasteiger partial charge in [0, 0.05) is 35.4 Å². The van der Waals surface area contributed by atoms with Crippen LogP contribution in [0.25, 0.3) is 33.5 Å². The Labute approximate surface area is 221 Å². The summed E-state index contributed by atoms with van der Waals surface area (Å²) in [4.78, 5) is 34.1. The molecule has 4 aromatic rings. The van der Waals surface area contributed by atoms with Gasteiger partial charge in [-0.15, -0.1) is 0 Å². The minimum atomic E-state index is -0.597. The number of pyridine rings is 1. The first-order chi connectivity index (χ1) is 17.7. The maximum atomic E-state index is 14.7. The molecule has 0 radical (unpaired) electrons. The van der Waals surface area contributed by atoms with Gasteiger partial charge in [0.05, 0.1) is 35.4 Å². The van der Waals surface area contributed by atoms with Gasteiger partial charge in [-0.2, -0.15) is 0 Å². The molecule has 8 nitrogen and oxygen atoms in total. The highest BCUT2D eigenvalue weighted by Crippen LogP contribution is 2.45. The van der Waals surface area contributed by atoms with E-state index in [0.29, 0.717) is 11.1 Å². The van der Waals surface area contributed by atoms with E-state index in [4.69, 9.17) is 32.7 Å². The zero-order valence-electron chi connectivity index (χ0n) is 20.1. The number of nitrogens with one attached hydrogen (secondary N) is 1. The molecular formula is C26H21Cl2FN4O4. The lowest BCUT2D eigenvalue weighted by Crippen LogP contribution is -2.22. The van der Waals surface area contributed by atoms with Crippen molar-refractivity contribution in [1.82, 2.24) is 14.5 Å². The van der Waals surface area contributed by atoms with Gasteiger partial charge in [-0.25, -0.2) is 14.4 Å². The van der Waals surface area contributed by atoms with Crippen LogP contribution in [0.15, 0.2) is 54.0 Å². The first kappa shape index (κ1) is 26.1. The molecule has 0 unspecified atom stereocenters. The lowest BCUT2D eigenvalue weighted by Gasteiger charge is -2.16. The van der Waals surface area contributed by atoms with E-state index in [-0.39, 0.29) is 56.3 Å². The van der Waals surface area contributed by atoms with Gasteiger partial charge >= 0.3 is 0 Å². The van der Waals surface area contributed by atoms with E-state index in [1.807, 2.05) is 0 Å². The number of benzene rings is 2. The molecule has 0 fully saturated rings. The Morgan fingerprint density at radius 3 is 2.41 bits per heavy atom. The fraction of sp³-hybridized carbons (Fsp3) is 0.154. The Morgan fingerprint density at radius 1 is 1.14 bits per heavy atom. The molecule has 0 atom stereocenters. The lowest BCUT2D eigenvalue weighted by atomic mass is 10.0. The van der Waals surface area contributed by atoms with Crippen molar-refractivity contribution in [1.29, 1.82) is 0 Å². The van der Waals surface area contributed by atoms with Gasteiger partial charge in [-0.3, -0.25) is 14.2 Å². The number of anilines is 1. The smallest absolute Gasteiger partial charge is 0.260 e. The highest BCUT2D eigenvalue weighted by Gasteiger charge is 2.23. The van der Waals surface area contributed by atoms with E-state index in [1.165, 1.54) is 49.2 Å². The molecule has 0 spiro atoms. The summed E-state index contributed by atoms with van der Waals surface area (Å²) in [6, 6.07) is 7.10. The summed E-state index contributed by atoms with van der Waals surface area (Å²) in [6.07, 6.45) is 2.57. The lowest BCUT2D eigenvalue weighted by molar-refractivity contribution is -0.111. The molecule has 190 valence electrons. The molecule has 2 aromatic carbocycles. The largest absolute Gasteiger partial charge is 0.495 e. The third-order valence-corrected chi connectivity index (χ3v) is 6.40. The van der Waals surface area contributed by atoms with Crippen molar-refractivity contribution in [3.05, 3.63) is 75.4 Å². The number of halogens is 3. The Balaban J connectivity index is 1.94. The topological polar surface area (TPSA) is 95.3 Å². The molecule has 4 rings (SSSR count). The second-order valence-electron chi connectivity index (χ2n) is 7.75. The molecule has 37 heavy (non-hydrogen) atoms. The van der Waals surface area contributed by atoms with Crippen molar-refractivity contribution < 1.29 is 18.7 Å². The summed E-state index contributed by atoms with van der Waals surface area (Å²) in [6.45, 7) is 5.42. The zero-order valence-corrected chi connectivity index (χ0v) is 21.6. The molecule has 0 aliphatic heterocycles. The number of amides is 1. The van der Waals surface area contributed by atoms with Gasteiger partial charge in [0.15, 0.2) is 5.82 Å². The zero-order chi connectivity index (χ0) is 26.9. The summed E-state index contributed by atoms with van der Waals surface area (Å²) >= 11 is 13.1. The molecule has 0 bridgehead atoms. The van der Waals surface area contributed by atoms with E-state index in [0.717, 1.165) is 6.08 Å². The van der Waals surface area contributed by atoms with Crippen LogP contribution in [0.3, 0.4) is 0 Å². The Kier molecular flexibility index (Phi) is 7.47. The number of carbonyl (C=O) groups is 1. The normalized spacial score (nSPS) is 10.9. The van der Waals surface area contributed by atoms with Crippen molar-refractivity contribution in [2.75, 3.05) is 19.5 Å². The average molecular weight is 543 g/mol. The van der Waals surface area contributed by atoms with Gasteiger partial charge in [-0.1, -0.05) is 29.8 Å². The number of rotatable bonds is 7. The number of carbonyl (C=O) groups excluding carboxylic acids is 1. The molecule has 2 aromatic heterocycles. The summed E-state index contributed by atoms with van der Waals surface area (Å²) in [5, 5.41) is 3.35. The number of ether oxygens (including phenoxy) is 2. The SMILES string of the molecule is C=CC(=O)Nc1ccc(F)c(-c2ncc3cc(-c4c(Cl)c(OC)cc(OC)c4Cl)c(=O)n(CC)c3n2)c1. The summed E-state index contributed by atoms with van der Waals surface area (Å²) in [7, 11) is 2.88. The van der Waals surface area contributed by atoms with Gasteiger partial charge in [0.2, 0.25) is 5.91 Å². The first-order valence-corrected chi connectivity index (χ1v) is 11.7. The Hall–Kier alpha value is -3.95. The van der Waals surface area contributed by atoms with Gasteiger partial charge in [0.1, 0.15) is 23.0 Å². The van der Waals surface area contributed by atoms with E-state index in [1.54, 1.807) is 13.0 Å². The molecular weight excluding hydrogens is 522 g/mol. The first-order valence-electron chi connectivity index (χ1n) is 11.0. The van der Waals surface area contributed by atoms with E-state index in [9.17, 15) is 14.0 Å². The number of aromatic nitrogens is 3. The van der Waals surface area contributed by atoms with Crippen LogP contribution in [-0.2, 0) is 11.3 Å². The van der Waals surface area contributed by atoms with Crippen LogP contribution < -0.4 is 20.3 Å². The molecule has 1 N–H and O–H groups in total. The number of nitrogens with zero attached hydrogens (tertiary/aromatic N) is 3. The maximum Gasteiger partial charge on any atom is 0.260 e. The van der Waals surface area contributed by atoms with Crippen LogP contribution in [0, 0.1) is 5.82 Å². The van der Waals surface area contributed by atoms with Crippen molar-refractivity contribution in [3.63, 3.8) is 0 Å². The quantitative estimate of drug-likeness (QED) is 0.299. The number of hydrogen-bond donors (Lipinski definition) is 1. The second-order valence-corrected chi connectivity index (χ2v) is 8.51. The van der Waals surface area contributed by atoms with Crippen molar-refractivity contribution in [3.8, 4) is 34.0 Å². The second kappa shape index (κ2) is 10.6. The summed E-state index contributed by atoms with van der Waals surface area (Å²) in [5.74, 6) is -0.444. The van der Waals surface area contributed by atoms with Gasteiger partial charge in [-0.05, 0) is 37.3 Å². The number of fused-ring (bicyclic) bond motifs is 1. The van der Waals surface area contributed by atoms with E-state index >= 15 is 0 Å². The van der Waals surface area contributed by atoms with Crippen LogP contribution in [0.1, 0.15) is 6.92 Å². The highest BCUT2D eigenvalue weighted by molar-refractivity contribution is 6.41. The standard InChI is InChI=1S/C26H21Cl2FN4O4/c1-5-20(34)31-14-7-8-17(29)15(10-14)24-30-12-13-9-16(26(35)33(6-2)25(13)32-24)21-22(27)18(36-3)11-19(37-4)23(21)28/h5,7-12H,1,6H2,2-4H3,(H,31,34). The van der Waals surface area contributed by atoms with Crippen molar-refractivity contribution in [2.45, 2.75) is 13.5 Å². The van der Waals surface area contributed by atoms with Gasteiger partial charge in [0.25, 0.3) is 5.56 Å². The van der Waals surface area contributed by atoms with Crippen LogP contribution in [0.5, 0.6) is 11.5 Å². The Bertz CT molecular complexity index is 1590. The fourth-order valence-corrected chi connectivity index (χ4v) is 4.56. The minimum absolute atomic E-state index is 0.0353. The molecule has 11 heteroatoms. The van der Waals surface area contributed by atoms with Crippen LogP contribution in [-0.4, -0.2) is 34.7 Å². The minimum Gasteiger partial charge on any atom is -0.495 e. The third kappa shape index (κ3) is 4.75. The molecule has 1 amide bonds. The van der Waals surface area contributed by atoms with Crippen LogP contribution >= 0.6 is 23.2 Å². The van der Waals surface area contributed by atoms with Crippen LogP contribution in [0.2, 0.25) is 10.0 Å². The monoisotopic (exact) mass is 542 g/mol. The Morgan fingerprint density at radius 2 is 1.81 bits per heavy atom. The third-order valence-electron chi connectivity index (χ3n) is 5.65. The van der Waals surface area contributed by atoms with Crippen molar-refractivity contribution >= 4 is 45.8 Å². The van der Waals surface area contributed by atoms with E-state index in [2.05, 4.69) is 21.9 Å².